The number of para-hydroxylation sites is 1. The van der Waals surface area contributed by atoms with E-state index < -0.39 is 16.2 Å². The minimum atomic E-state index is -3.32. The summed E-state index contributed by atoms with van der Waals surface area (Å²) in [6.45, 7) is 6.23. The summed E-state index contributed by atoms with van der Waals surface area (Å²) in [5, 5.41) is 17.2. The smallest absolute Gasteiger partial charge is 0.181 e. The van der Waals surface area contributed by atoms with Crippen molar-refractivity contribution in [3.63, 3.8) is 0 Å². The largest absolute Gasteiger partial charge is 0.361 e. The van der Waals surface area contributed by atoms with Crippen molar-refractivity contribution in [1.29, 1.82) is 0 Å². The highest BCUT2D eigenvalue weighted by Crippen LogP contribution is 2.47. The van der Waals surface area contributed by atoms with Crippen LogP contribution in [-0.4, -0.2) is 55.9 Å². The average molecular weight is 616 g/mol. The van der Waals surface area contributed by atoms with E-state index in [1.807, 2.05) is 60.7 Å². The molecule has 1 aliphatic carbocycles. The number of anilines is 1. The van der Waals surface area contributed by atoms with Gasteiger partial charge in [0.2, 0.25) is 0 Å². The number of Topliss-reactive ketones (excluding diaryl/α,β-unsaturated/α-hetero) is 1. The molecule has 0 bridgehead atoms. The number of benzene rings is 3. The molecule has 2 aliphatic rings. The third-order valence-electron chi connectivity index (χ3n) is 9.45. The van der Waals surface area contributed by atoms with Crippen LogP contribution < -0.4 is 10.6 Å². The molecule has 7 nitrogen and oxygen atoms in total. The van der Waals surface area contributed by atoms with Gasteiger partial charge in [0.1, 0.15) is 5.78 Å². The lowest BCUT2D eigenvalue weighted by Crippen LogP contribution is -2.44. The number of likely N-dealkylation sites (tertiary alicyclic amines) is 1. The summed E-state index contributed by atoms with van der Waals surface area (Å²) in [5.41, 5.74) is 2.86. The Morgan fingerprint density at radius 1 is 0.955 bits per heavy atom. The van der Waals surface area contributed by atoms with Gasteiger partial charge in [-0.2, -0.15) is 0 Å². The zero-order valence-electron chi connectivity index (χ0n) is 25.4. The zero-order chi connectivity index (χ0) is 31.0. The molecule has 8 heteroatoms. The van der Waals surface area contributed by atoms with Gasteiger partial charge in [0, 0.05) is 23.1 Å². The van der Waals surface area contributed by atoms with Crippen molar-refractivity contribution in [3.05, 3.63) is 109 Å². The van der Waals surface area contributed by atoms with Gasteiger partial charge in [0.15, 0.2) is 16.2 Å². The number of nitrogens with zero attached hydrogens (tertiary/aromatic N) is 1. The molecule has 1 aliphatic heterocycles. The van der Waals surface area contributed by atoms with Crippen LogP contribution in [0, 0.1) is 11.3 Å². The first kappa shape index (κ1) is 32.1. The third-order valence-corrected chi connectivity index (χ3v) is 11.1. The monoisotopic (exact) mass is 615 g/mol. The van der Waals surface area contributed by atoms with Gasteiger partial charge in [0.05, 0.1) is 10.6 Å². The Balaban J connectivity index is 1.10. The molecule has 2 unspecified atom stereocenters. The lowest BCUT2D eigenvalue weighted by molar-refractivity contribution is -0.131. The lowest BCUT2D eigenvalue weighted by Gasteiger charge is -2.39. The van der Waals surface area contributed by atoms with Crippen molar-refractivity contribution in [1.82, 2.24) is 10.2 Å². The highest BCUT2D eigenvalue weighted by Gasteiger charge is 2.48. The van der Waals surface area contributed by atoms with Crippen molar-refractivity contribution in [2.75, 3.05) is 30.7 Å². The van der Waals surface area contributed by atoms with Crippen LogP contribution in [0.4, 0.5) is 5.69 Å². The van der Waals surface area contributed by atoms with Crippen molar-refractivity contribution >= 4 is 21.3 Å². The van der Waals surface area contributed by atoms with E-state index in [2.05, 4.69) is 34.2 Å². The van der Waals surface area contributed by atoms with Crippen LogP contribution >= 0.6 is 0 Å². The number of hydrogen-bond acceptors (Lipinski definition) is 7. The summed E-state index contributed by atoms with van der Waals surface area (Å²) < 4.78 is 24.5. The highest BCUT2D eigenvalue weighted by molar-refractivity contribution is 7.91. The highest BCUT2D eigenvalue weighted by atomic mass is 32.2. The molecule has 3 atom stereocenters. The number of hydrogen-bond donors (Lipinski definition) is 3. The van der Waals surface area contributed by atoms with E-state index in [1.165, 1.54) is 6.08 Å². The molecule has 0 radical (unpaired) electrons. The number of aryl methyl sites for hydroxylation is 1. The molecule has 1 saturated heterocycles. The number of carbonyl (C=O) groups is 1. The first-order valence-corrected chi connectivity index (χ1v) is 17.4. The second kappa shape index (κ2) is 14.7. The molecule has 0 aromatic heterocycles. The van der Waals surface area contributed by atoms with Crippen LogP contribution in [0.2, 0.25) is 0 Å². The number of aliphatic hydroxyl groups excluding tert-OH is 1. The molecule has 3 aromatic carbocycles. The maximum absolute atomic E-state index is 13.6. The van der Waals surface area contributed by atoms with E-state index in [4.69, 9.17) is 0 Å². The number of carbonyl (C=O) groups excluding carboxylic acids is 1. The van der Waals surface area contributed by atoms with Crippen LogP contribution in [0.25, 0.3) is 0 Å². The fourth-order valence-electron chi connectivity index (χ4n) is 6.84. The Kier molecular flexibility index (Phi) is 10.7. The van der Waals surface area contributed by atoms with Gasteiger partial charge < -0.3 is 15.3 Å². The molecule has 1 heterocycles. The van der Waals surface area contributed by atoms with Gasteiger partial charge >= 0.3 is 0 Å². The molecule has 2 fully saturated rings. The number of aliphatic hydroxyl groups is 1. The third kappa shape index (κ3) is 8.04. The van der Waals surface area contributed by atoms with Crippen LogP contribution in [0.1, 0.15) is 55.7 Å². The molecule has 1 saturated carbocycles. The molecular weight excluding hydrogens is 570 g/mol. The van der Waals surface area contributed by atoms with Gasteiger partial charge in [-0.05, 0) is 100.0 Å². The number of ketones is 1. The number of rotatable bonds is 14. The average Bonchev–Trinajstić information content (AvgIpc) is 3.34. The summed E-state index contributed by atoms with van der Waals surface area (Å²) in [4.78, 5) is 16.4. The fraction of sp³-hybridized carbons (Fsp3) is 0.417. The Morgan fingerprint density at radius 2 is 1.61 bits per heavy atom. The Bertz CT molecular complexity index is 1470. The van der Waals surface area contributed by atoms with E-state index in [-0.39, 0.29) is 23.1 Å². The molecule has 44 heavy (non-hydrogen) atoms. The molecule has 0 amide bonds. The normalized spacial score (nSPS) is 19.9. The minimum absolute atomic E-state index is 0.0213. The van der Waals surface area contributed by atoms with E-state index in [0.29, 0.717) is 10.7 Å². The van der Waals surface area contributed by atoms with Gasteiger partial charge in [-0.25, -0.2) is 8.42 Å². The molecule has 5 rings (SSSR count). The number of nitrogens with one attached hydrogen (secondary N) is 2. The summed E-state index contributed by atoms with van der Waals surface area (Å²) in [6.07, 6.45) is 6.67. The van der Waals surface area contributed by atoms with Crippen LogP contribution in [0.3, 0.4) is 0 Å². The summed E-state index contributed by atoms with van der Waals surface area (Å²) in [6, 6.07) is 27.0. The van der Waals surface area contributed by atoms with Crippen LogP contribution in [0.5, 0.6) is 0 Å². The van der Waals surface area contributed by atoms with Gasteiger partial charge in [-0.3, -0.25) is 10.1 Å². The second-order valence-corrected chi connectivity index (χ2v) is 14.3. The predicted molar refractivity (Wildman–Crippen MR) is 176 cm³/mol. The summed E-state index contributed by atoms with van der Waals surface area (Å²) in [7, 11) is -3.32. The Morgan fingerprint density at radius 3 is 2.27 bits per heavy atom. The second-order valence-electron chi connectivity index (χ2n) is 12.3. The van der Waals surface area contributed by atoms with Gasteiger partial charge in [-0.1, -0.05) is 66.7 Å². The van der Waals surface area contributed by atoms with E-state index in [9.17, 15) is 18.3 Å². The minimum Gasteiger partial charge on any atom is -0.361 e. The fourth-order valence-corrected chi connectivity index (χ4v) is 7.89. The standard InChI is InChI=1S/C36H45N3O4S/c1-2-27-44(42,43)32-17-14-28(15-18-32)13-16-30-19-21-36(34(30)40)22-25-39(26-23-36)24-20-33(29-9-5-3-6-10-29)38-35(41)37-31-11-7-4-8-12-31/h2-12,14-15,17-18,30,33,35,37-38,41H,1,13,16,19-27H2/t30-,33?,35?/m0/s1. The number of piperidine rings is 1. The molecule has 1 spiro atoms. The first-order valence-electron chi connectivity index (χ1n) is 15.8. The maximum Gasteiger partial charge on any atom is 0.181 e. The van der Waals surface area contributed by atoms with Crippen molar-refractivity contribution in [2.45, 2.75) is 62.2 Å². The maximum atomic E-state index is 13.6. The van der Waals surface area contributed by atoms with E-state index in [0.717, 1.165) is 81.4 Å². The van der Waals surface area contributed by atoms with Crippen molar-refractivity contribution in [3.8, 4) is 0 Å². The predicted octanol–water partition coefficient (Wildman–Crippen LogP) is 5.75. The van der Waals surface area contributed by atoms with E-state index >= 15 is 0 Å². The lowest BCUT2D eigenvalue weighted by atomic mass is 9.75. The molecule has 3 aromatic rings. The van der Waals surface area contributed by atoms with Crippen LogP contribution in [-0.2, 0) is 21.1 Å². The number of sulfone groups is 1. The topological polar surface area (TPSA) is 98.7 Å². The van der Waals surface area contributed by atoms with Crippen molar-refractivity contribution < 1.29 is 18.3 Å². The molecular formula is C36H45N3O4S. The van der Waals surface area contributed by atoms with Crippen LogP contribution in [0.15, 0.2) is 102 Å². The summed E-state index contributed by atoms with van der Waals surface area (Å²) in [5.74, 6) is 0.444. The van der Waals surface area contributed by atoms with E-state index in [1.54, 1.807) is 12.1 Å². The quantitative estimate of drug-likeness (QED) is 0.157. The van der Waals surface area contributed by atoms with Crippen molar-refractivity contribution in [2.24, 2.45) is 11.3 Å². The Hall–Kier alpha value is -3.30. The molecule has 3 N–H and O–H groups in total. The van der Waals surface area contributed by atoms with Gasteiger partial charge in [0.25, 0.3) is 0 Å². The first-order chi connectivity index (χ1) is 21.3. The zero-order valence-corrected chi connectivity index (χ0v) is 26.2. The molecule has 234 valence electrons. The summed E-state index contributed by atoms with van der Waals surface area (Å²) >= 11 is 0. The van der Waals surface area contributed by atoms with Gasteiger partial charge in [-0.15, -0.1) is 6.58 Å². The Labute approximate surface area is 262 Å². The SMILES string of the molecule is C=CCS(=O)(=O)c1ccc(CC[C@H]2CCC3(CCN(CCC(NC(O)Nc4ccccc4)c4ccccc4)CC3)C2=O)cc1.